The molecule has 0 amide bonds. The summed E-state index contributed by atoms with van der Waals surface area (Å²) < 4.78 is 3.39. The van der Waals surface area contributed by atoms with Crippen LogP contribution in [0.2, 0.25) is 0 Å². The third-order valence-corrected chi connectivity index (χ3v) is 4.52. The van der Waals surface area contributed by atoms with Gasteiger partial charge in [0, 0.05) is 38.0 Å². The van der Waals surface area contributed by atoms with Gasteiger partial charge in [-0.15, -0.1) is 0 Å². The van der Waals surface area contributed by atoms with Crippen molar-refractivity contribution in [1.82, 2.24) is 14.5 Å². The molecular weight excluding hydrogens is 429 g/mol. The van der Waals surface area contributed by atoms with Gasteiger partial charge in [0.1, 0.15) is 0 Å². The van der Waals surface area contributed by atoms with E-state index in [1.165, 1.54) is 9.64 Å². The smallest absolute Gasteiger partial charge is 0.252 e. The van der Waals surface area contributed by atoms with Crippen LogP contribution >= 0.6 is 22.6 Å². The molecule has 0 atom stereocenters. The van der Waals surface area contributed by atoms with Crippen molar-refractivity contribution in [1.29, 1.82) is 0 Å². The molecule has 25 heavy (non-hydrogen) atoms. The molecule has 2 N–H and O–H groups in total. The third-order valence-electron chi connectivity index (χ3n) is 3.80. The molecule has 0 radical (unpaired) electrons. The molecule has 3 rings (SSSR count). The highest BCUT2D eigenvalue weighted by molar-refractivity contribution is 14.1. The van der Waals surface area contributed by atoms with Gasteiger partial charge in [0.05, 0.1) is 6.21 Å². The zero-order chi connectivity index (χ0) is 18.0. The molecule has 3 aromatic rings. The fourth-order valence-corrected chi connectivity index (χ4v) is 3.06. The minimum Gasteiger partial charge on any atom is -0.318 e. The summed E-state index contributed by atoms with van der Waals surface area (Å²) in [4.78, 5) is 18.2. The van der Waals surface area contributed by atoms with Crippen molar-refractivity contribution in [2.45, 2.75) is 20.8 Å². The molecule has 2 aromatic heterocycles. The summed E-state index contributed by atoms with van der Waals surface area (Å²) in [7, 11) is 0. The second-order valence-corrected chi connectivity index (χ2v) is 6.99. The maximum atomic E-state index is 11.4. The summed E-state index contributed by atoms with van der Waals surface area (Å²) in [6.45, 7) is 5.88. The topological polar surface area (TPSA) is 75.1 Å². The summed E-state index contributed by atoms with van der Waals surface area (Å²) in [5.41, 5.74) is 7.54. The highest BCUT2D eigenvalue weighted by Gasteiger charge is 2.09. The lowest BCUT2D eigenvalue weighted by atomic mass is 10.2. The Morgan fingerprint density at radius 1 is 1.20 bits per heavy atom. The quantitative estimate of drug-likeness (QED) is 0.365. The second kappa shape index (κ2) is 7.22. The lowest BCUT2D eigenvalue weighted by Gasteiger charge is -2.09. The van der Waals surface area contributed by atoms with Crippen LogP contribution in [-0.4, -0.2) is 20.7 Å². The van der Waals surface area contributed by atoms with E-state index in [9.17, 15) is 4.79 Å². The Morgan fingerprint density at radius 2 is 1.92 bits per heavy atom. The van der Waals surface area contributed by atoms with Gasteiger partial charge in [0.2, 0.25) is 5.95 Å². The van der Waals surface area contributed by atoms with E-state index < -0.39 is 0 Å². The van der Waals surface area contributed by atoms with E-state index in [0.29, 0.717) is 11.6 Å². The zero-order valence-corrected chi connectivity index (χ0v) is 16.3. The fourth-order valence-electron chi connectivity index (χ4n) is 2.70. The zero-order valence-electron chi connectivity index (χ0n) is 14.2. The fraction of sp³-hybridized carbons (Fsp3) is 0.167. The van der Waals surface area contributed by atoms with Crippen LogP contribution in [0.25, 0.3) is 5.69 Å². The van der Waals surface area contributed by atoms with Crippen molar-refractivity contribution in [3.8, 4) is 5.69 Å². The third kappa shape index (κ3) is 3.98. The normalized spacial score (nSPS) is 11.2. The molecule has 1 aromatic carbocycles. The minimum absolute atomic E-state index is 0.206. The summed E-state index contributed by atoms with van der Waals surface area (Å²) in [5, 5.41) is 4.19. The molecule has 0 unspecified atom stereocenters. The first-order chi connectivity index (χ1) is 11.9. The predicted molar refractivity (Wildman–Crippen MR) is 109 cm³/mol. The van der Waals surface area contributed by atoms with E-state index in [4.69, 9.17) is 0 Å². The number of rotatable bonds is 4. The number of hydrazone groups is 1. The number of benzene rings is 1. The Hall–Kier alpha value is -2.42. The molecule has 6 nitrogen and oxygen atoms in total. The molecule has 0 saturated carbocycles. The standard InChI is InChI=1S/C18H18IN5O/c1-11-8-17(25)22-18(21-11)23-20-10-14-9-12(2)24(13(14)3)16-6-4-15(19)5-7-16/h4-10H,1-3H3,(H2,21,22,23,25)/b20-10-. The number of hydrogen-bond donors (Lipinski definition) is 2. The average Bonchev–Trinajstić information content (AvgIpc) is 2.82. The summed E-state index contributed by atoms with van der Waals surface area (Å²) >= 11 is 2.30. The highest BCUT2D eigenvalue weighted by Crippen LogP contribution is 2.20. The Bertz CT molecular complexity index is 986. The molecule has 2 heterocycles. The van der Waals surface area contributed by atoms with Crippen molar-refractivity contribution in [3.63, 3.8) is 0 Å². The van der Waals surface area contributed by atoms with Crippen LogP contribution in [0.15, 0.2) is 46.3 Å². The number of H-pyrrole nitrogens is 1. The maximum absolute atomic E-state index is 11.4. The van der Waals surface area contributed by atoms with Crippen LogP contribution in [0.1, 0.15) is 22.6 Å². The Labute approximate surface area is 159 Å². The van der Waals surface area contributed by atoms with E-state index in [1.54, 1.807) is 13.1 Å². The number of hydrogen-bond acceptors (Lipinski definition) is 4. The monoisotopic (exact) mass is 447 g/mol. The van der Waals surface area contributed by atoms with Crippen LogP contribution in [0.3, 0.4) is 0 Å². The van der Waals surface area contributed by atoms with Crippen LogP contribution in [0.4, 0.5) is 5.95 Å². The van der Waals surface area contributed by atoms with Gasteiger partial charge in [-0.25, -0.2) is 10.4 Å². The Morgan fingerprint density at radius 3 is 2.60 bits per heavy atom. The van der Waals surface area contributed by atoms with Gasteiger partial charge in [-0.3, -0.25) is 9.78 Å². The van der Waals surface area contributed by atoms with E-state index in [1.807, 2.05) is 0 Å². The Balaban J connectivity index is 1.85. The Kier molecular flexibility index (Phi) is 5.03. The van der Waals surface area contributed by atoms with Crippen LogP contribution in [-0.2, 0) is 0 Å². The molecule has 7 heteroatoms. The molecule has 128 valence electrons. The largest absolute Gasteiger partial charge is 0.318 e. The second-order valence-electron chi connectivity index (χ2n) is 5.74. The highest BCUT2D eigenvalue weighted by atomic mass is 127. The SMILES string of the molecule is Cc1cc(=O)[nH]c(N/N=C\c2cc(C)n(-c3ccc(I)cc3)c2C)n1. The molecule has 0 fully saturated rings. The van der Waals surface area contributed by atoms with Gasteiger partial charge in [-0.1, -0.05) is 0 Å². The number of anilines is 1. The van der Waals surface area contributed by atoms with Gasteiger partial charge in [-0.2, -0.15) is 5.10 Å². The summed E-state index contributed by atoms with van der Waals surface area (Å²) in [6, 6.07) is 11.9. The average molecular weight is 447 g/mol. The minimum atomic E-state index is -0.206. The van der Waals surface area contributed by atoms with Gasteiger partial charge in [0.15, 0.2) is 0 Å². The van der Waals surface area contributed by atoms with Gasteiger partial charge in [0.25, 0.3) is 5.56 Å². The predicted octanol–water partition coefficient (Wildman–Crippen LogP) is 3.54. The lowest BCUT2D eigenvalue weighted by molar-refractivity contribution is 0.964. The summed E-state index contributed by atoms with van der Waals surface area (Å²) in [6.07, 6.45) is 1.73. The van der Waals surface area contributed by atoms with E-state index in [0.717, 1.165) is 22.6 Å². The molecule has 0 bridgehead atoms. The maximum Gasteiger partial charge on any atom is 0.252 e. The number of nitrogens with one attached hydrogen (secondary N) is 2. The van der Waals surface area contributed by atoms with Gasteiger partial charge < -0.3 is 4.57 Å². The molecule has 0 spiro atoms. The van der Waals surface area contributed by atoms with Crippen molar-refractivity contribution in [2.24, 2.45) is 5.10 Å². The van der Waals surface area contributed by atoms with Crippen molar-refractivity contribution in [3.05, 3.63) is 73.0 Å². The lowest BCUT2D eigenvalue weighted by Crippen LogP contribution is -2.10. The van der Waals surface area contributed by atoms with Crippen LogP contribution in [0, 0.1) is 24.3 Å². The van der Waals surface area contributed by atoms with Crippen molar-refractivity contribution < 1.29 is 0 Å². The van der Waals surface area contributed by atoms with E-state index >= 15 is 0 Å². The molecular formula is C18H18IN5O. The van der Waals surface area contributed by atoms with Gasteiger partial charge >= 0.3 is 0 Å². The van der Waals surface area contributed by atoms with E-state index in [-0.39, 0.29) is 5.56 Å². The number of aromatic amines is 1. The molecule has 0 aliphatic heterocycles. The first-order valence-corrected chi connectivity index (χ1v) is 8.84. The first-order valence-electron chi connectivity index (χ1n) is 7.76. The number of aryl methyl sites for hydroxylation is 2. The molecule has 0 aliphatic rings. The first kappa shape index (κ1) is 17.4. The van der Waals surface area contributed by atoms with Crippen LogP contribution < -0.4 is 11.0 Å². The number of aromatic nitrogens is 3. The van der Waals surface area contributed by atoms with E-state index in [2.05, 4.69) is 91.8 Å². The van der Waals surface area contributed by atoms with Gasteiger partial charge in [-0.05, 0) is 73.7 Å². The van der Waals surface area contributed by atoms with Crippen molar-refractivity contribution >= 4 is 34.8 Å². The number of halogens is 1. The number of nitrogens with zero attached hydrogens (tertiary/aromatic N) is 3. The summed E-state index contributed by atoms with van der Waals surface area (Å²) in [5.74, 6) is 0.327. The molecule has 0 saturated heterocycles. The van der Waals surface area contributed by atoms with Crippen LogP contribution in [0.5, 0.6) is 0 Å². The van der Waals surface area contributed by atoms with Crippen molar-refractivity contribution in [2.75, 3.05) is 5.43 Å². The molecule has 0 aliphatic carbocycles.